The molecule has 0 radical (unpaired) electrons. The average Bonchev–Trinajstić information content (AvgIpc) is 2.69. The molecule has 0 unspecified atom stereocenters. The van der Waals surface area contributed by atoms with Crippen molar-refractivity contribution in [1.29, 1.82) is 0 Å². The molecule has 1 saturated heterocycles. The molecule has 1 aliphatic rings. The Bertz CT molecular complexity index is 460. The molecule has 1 fully saturated rings. The third kappa shape index (κ3) is 6.83. The monoisotopic (exact) mass is 467 g/mol. The van der Waals surface area contributed by atoms with Crippen LogP contribution >= 0.6 is 0 Å². The third-order valence-corrected chi connectivity index (χ3v) is 21.8. The number of unbranched alkanes of at least 4 members (excludes halogenated alkanes) is 3. The maximum atomic E-state index is 5.48. The van der Waals surface area contributed by atoms with Crippen LogP contribution in [-0.4, -0.2) is 49.6 Å². The topological polar surface area (TPSA) is 12.5 Å². The molecular formula is C23H41NOSn. The van der Waals surface area contributed by atoms with Crippen LogP contribution < -0.4 is 3.58 Å². The quantitative estimate of drug-likeness (QED) is 0.374. The number of morpholine rings is 1. The second-order valence-corrected chi connectivity index (χ2v) is 21.4. The first-order valence-electron chi connectivity index (χ1n) is 11.1. The van der Waals surface area contributed by atoms with Gasteiger partial charge in [0.2, 0.25) is 0 Å². The molecule has 2 rings (SSSR count). The molecule has 0 saturated carbocycles. The Morgan fingerprint density at radius 3 is 1.77 bits per heavy atom. The van der Waals surface area contributed by atoms with Gasteiger partial charge in [-0.2, -0.15) is 0 Å². The summed E-state index contributed by atoms with van der Waals surface area (Å²) in [4.78, 5) is 2.53. The van der Waals surface area contributed by atoms with Gasteiger partial charge in [0.25, 0.3) is 0 Å². The minimum atomic E-state index is -2.24. The van der Waals surface area contributed by atoms with E-state index in [-0.39, 0.29) is 0 Å². The summed E-state index contributed by atoms with van der Waals surface area (Å²) in [6, 6.07) is 9.99. The first-order chi connectivity index (χ1) is 12.7. The van der Waals surface area contributed by atoms with Crippen molar-refractivity contribution >= 4 is 22.0 Å². The van der Waals surface area contributed by atoms with Crippen molar-refractivity contribution in [2.75, 3.05) is 26.3 Å². The van der Waals surface area contributed by atoms with Crippen molar-refractivity contribution in [3.63, 3.8) is 0 Å². The van der Waals surface area contributed by atoms with E-state index in [0.717, 1.165) is 32.8 Å². The van der Waals surface area contributed by atoms with E-state index in [4.69, 9.17) is 4.74 Å². The number of benzene rings is 1. The molecule has 0 bridgehead atoms. The van der Waals surface area contributed by atoms with Crippen LogP contribution in [0, 0.1) is 0 Å². The first kappa shape index (κ1) is 22.2. The Morgan fingerprint density at radius 2 is 1.31 bits per heavy atom. The molecule has 2 nitrogen and oxygen atoms in total. The van der Waals surface area contributed by atoms with E-state index in [2.05, 4.69) is 49.9 Å². The van der Waals surface area contributed by atoms with Crippen LogP contribution in [0.5, 0.6) is 0 Å². The van der Waals surface area contributed by atoms with Crippen molar-refractivity contribution in [2.24, 2.45) is 0 Å². The van der Waals surface area contributed by atoms with Crippen LogP contribution in [0.3, 0.4) is 0 Å². The molecule has 3 heteroatoms. The van der Waals surface area contributed by atoms with Gasteiger partial charge in [-0.3, -0.25) is 0 Å². The molecule has 0 spiro atoms. The first-order valence-corrected chi connectivity index (χ1v) is 18.6. The van der Waals surface area contributed by atoms with Crippen LogP contribution in [0.1, 0.15) is 64.9 Å². The average molecular weight is 466 g/mol. The summed E-state index contributed by atoms with van der Waals surface area (Å²) in [5, 5.41) is 0. The van der Waals surface area contributed by atoms with Crippen LogP contribution in [-0.2, 0) is 11.3 Å². The van der Waals surface area contributed by atoms with Gasteiger partial charge in [-0.15, -0.1) is 0 Å². The number of rotatable bonds is 12. The van der Waals surface area contributed by atoms with E-state index in [1.54, 1.807) is 16.9 Å². The summed E-state index contributed by atoms with van der Waals surface area (Å²) in [5.74, 6) is 0. The van der Waals surface area contributed by atoms with E-state index < -0.39 is 18.4 Å². The summed E-state index contributed by atoms with van der Waals surface area (Å²) in [6.07, 6.45) is 8.39. The molecule has 0 amide bonds. The standard InChI is InChI=1S/C11H14NO.3C4H9.Sn/c1-2-4-11(5-3-1)10-12-6-8-13-9-7-12;3*1-3-4-2;/h2-5H,6-10H2;3*1,3-4H2,2H3;. The minimum absolute atomic E-state index is 0.892. The van der Waals surface area contributed by atoms with E-state index in [1.807, 2.05) is 0 Å². The van der Waals surface area contributed by atoms with Gasteiger partial charge in [-0.05, 0) is 0 Å². The van der Waals surface area contributed by atoms with Crippen molar-refractivity contribution in [3.05, 3.63) is 29.8 Å². The molecule has 0 N–H and O–H groups in total. The fourth-order valence-electron chi connectivity index (χ4n) is 4.33. The Balaban J connectivity index is 2.13. The normalized spacial score (nSPS) is 16.1. The molecule has 26 heavy (non-hydrogen) atoms. The van der Waals surface area contributed by atoms with Gasteiger partial charge in [-0.25, -0.2) is 0 Å². The van der Waals surface area contributed by atoms with E-state index in [0.29, 0.717) is 0 Å². The second-order valence-electron chi connectivity index (χ2n) is 8.18. The number of ether oxygens (including phenoxy) is 1. The Labute approximate surface area is 166 Å². The molecule has 1 heterocycles. The van der Waals surface area contributed by atoms with E-state index in [1.165, 1.54) is 44.1 Å². The molecule has 0 aliphatic carbocycles. The van der Waals surface area contributed by atoms with Gasteiger partial charge in [0, 0.05) is 0 Å². The van der Waals surface area contributed by atoms with Gasteiger partial charge < -0.3 is 0 Å². The van der Waals surface area contributed by atoms with Crippen LogP contribution in [0.2, 0.25) is 13.3 Å². The van der Waals surface area contributed by atoms with Crippen molar-refractivity contribution < 1.29 is 4.74 Å². The predicted octanol–water partition coefficient (Wildman–Crippen LogP) is 5.57. The Morgan fingerprint density at radius 1 is 0.808 bits per heavy atom. The second kappa shape index (κ2) is 12.4. The van der Waals surface area contributed by atoms with Crippen LogP contribution in [0.15, 0.2) is 24.3 Å². The zero-order chi connectivity index (χ0) is 18.7. The Kier molecular flexibility index (Phi) is 10.6. The molecular weight excluding hydrogens is 425 g/mol. The van der Waals surface area contributed by atoms with Crippen LogP contribution in [0.4, 0.5) is 0 Å². The van der Waals surface area contributed by atoms with E-state index in [9.17, 15) is 0 Å². The summed E-state index contributed by atoms with van der Waals surface area (Å²) in [7, 11) is 0. The zero-order valence-electron chi connectivity index (χ0n) is 17.6. The summed E-state index contributed by atoms with van der Waals surface area (Å²) < 4.78 is 12.0. The fourth-order valence-corrected chi connectivity index (χ4v) is 20.3. The number of nitrogens with zero attached hydrogens (tertiary/aromatic N) is 1. The molecule has 1 aliphatic heterocycles. The van der Waals surface area contributed by atoms with Crippen molar-refractivity contribution in [1.82, 2.24) is 4.90 Å². The van der Waals surface area contributed by atoms with Gasteiger partial charge in [0.05, 0.1) is 0 Å². The molecule has 1 aromatic carbocycles. The molecule has 0 atom stereocenters. The van der Waals surface area contributed by atoms with Crippen molar-refractivity contribution in [3.8, 4) is 0 Å². The van der Waals surface area contributed by atoms with E-state index >= 15 is 0 Å². The number of hydrogen-bond donors (Lipinski definition) is 0. The third-order valence-electron chi connectivity index (χ3n) is 6.10. The van der Waals surface area contributed by atoms with Gasteiger partial charge in [-0.1, -0.05) is 0 Å². The summed E-state index contributed by atoms with van der Waals surface area (Å²) in [5.41, 5.74) is 1.48. The maximum absolute atomic E-state index is 5.48. The molecule has 0 aromatic heterocycles. The van der Waals surface area contributed by atoms with Crippen molar-refractivity contribution in [2.45, 2.75) is 79.2 Å². The summed E-state index contributed by atoms with van der Waals surface area (Å²) >= 11 is -2.24. The number of hydrogen-bond acceptors (Lipinski definition) is 2. The summed E-state index contributed by atoms with van der Waals surface area (Å²) in [6.45, 7) is 12.1. The zero-order valence-corrected chi connectivity index (χ0v) is 20.4. The Hall–Kier alpha value is -0.0613. The molecule has 148 valence electrons. The van der Waals surface area contributed by atoms with Gasteiger partial charge in [0.1, 0.15) is 0 Å². The molecule has 1 aromatic rings. The predicted molar refractivity (Wildman–Crippen MR) is 117 cm³/mol. The van der Waals surface area contributed by atoms with Gasteiger partial charge in [0.15, 0.2) is 0 Å². The van der Waals surface area contributed by atoms with Gasteiger partial charge >= 0.3 is 167 Å². The van der Waals surface area contributed by atoms with Crippen LogP contribution in [0.25, 0.3) is 0 Å². The fraction of sp³-hybridized carbons (Fsp3) is 0.739. The SMILES string of the molecule is CCC[CH2][Sn]([CH2]CCC)([CH2]CCC)[c]1ccc(CN2CCOCC2)cc1.